The van der Waals surface area contributed by atoms with Gasteiger partial charge in [-0.05, 0) is 30.0 Å². The van der Waals surface area contributed by atoms with E-state index in [0.717, 1.165) is 11.4 Å². The second-order valence-electron chi connectivity index (χ2n) is 7.09. The van der Waals surface area contributed by atoms with Crippen LogP contribution in [0.5, 0.6) is 0 Å². The third-order valence-electron chi connectivity index (χ3n) is 4.73. The Hall–Kier alpha value is -2.37. The zero-order chi connectivity index (χ0) is 16.9. The van der Waals surface area contributed by atoms with E-state index in [4.69, 9.17) is 0 Å². The number of aliphatic carboxylic acids is 1. The molecule has 1 unspecified atom stereocenters. The molecule has 6 heteroatoms. The molecule has 3 heterocycles. The highest BCUT2D eigenvalue weighted by molar-refractivity contribution is 6.08. The van der Waals surface area contributed by atoms with Gasteiger partial charge in [0.2, 0.25) is 0 Å². The molecule has 2 aliphatic rings. The maximum atomic E-state index is 12.4. The second-order valence-corrected chi connectivity index (χ2v) is 7.09. The number of β-lactam (4-membered cyclic amide) rings is 1. The van der Waals surface area contributed by atoms with Crippen molar-refractivity contribution in [2.45, 2.75) is 32.4 Å². The first-order valence-electron chi connectivity index (χ1n) is 7.63. The highest BCUT2D eigenvalue weighted by Crippen LogP contribution is 2.49. The average Bonchev–Trinajstić information content (AvgIpc) is 2.73. The van der Waals surface area contributed by atoms with Crippen molar-refractivity contribution in [2.24, 2.45) is 5.41 Å². The fraction of sp³-hybridized carbons (Fsp3) is 0.471. The number of carbonyl (C=O) groups excluding carboxylic acids is 1. The lowest BCUT2D eigenvalue weighted by molar-refractivity contribution is -0.154. The third kappa shape index (κ3) is 2.38. The smallest absolute Gasteiger partial charge is 0.327 e. The number of carboxylic acid groups (broad SMARTS) is 1. The Morgan fingerprint density at radius 2 is 2.17 bits per heavy atom. The van der Waals surface area contributed by atoms with Crippen molar-refractivity contribution in [2.75, 3.05) is 19.0 Å². The first-order valence-corrected chi connectivity index (χ1v) is 7.63. The number of aromatic nitrogens is 1. The SMILES string of the molecule is CN(C)c1ccnc(/C=C2/C(=O)N3C2CC(C)(C)[C@@H]3C(=O)O)c1. The van der Waals surface area contributed by atoms with Crippen LogP contribution in [0.15, 0.2) is 23.9 Å². The fourth-order valence-electron chi connectivity index (χ4n) is 3.57. The molecule has 1 aromatic rings. The van der Waals surface area contributed by atoms with Crippen molar-refractivity contribution in [3.63, 3.8) is 0 Å². The molecular formula is C17H21N3O3. The van der Waals surface area contributed by atoms with Crippen molar-refractivity contribution in [1.29, 1.82) is 0 Å². The normalized spacial score (nSPS) is 26.9. The predicted octanol–water partition coefficient (Wildman–Crippen LogP) is 1.62. The molecule has 0 bridgehead atoms. The van der Waals surface area contributed by atoms with E-state index in [2.05, 4.69) is 4.98 Å². The lowest BCUT2D eigenvalue weighted by Crippen LogP contribution is -2.57. The van der Waals surface area contributed by atoms with Gasteiger partial charge in [0.05, 0.1) is 11.7 Å². The van der Waals surface area contributed by atoms with Crippen LogP contribution in [-0.2, 0) is 9.59 Å². The summed E-state index contributed by atoms with van der Waals surface area (Å²) in [6.45, 7) is 3.81. The number of fused-ring (bicyclic) bond motifs is 1. The Bertz CT molecular complexity index is 709. The standard InChI is InChI=1S/C17H21N3O3/c1-17(2)9-13-12(15(21)20(13)14(17)16(22)23)8-10-7-11(19(3)4)5-6-18-10/h5-8,13-14H,9H2,1-4H3,(H,22,23)/b12-8+/t13?,14-/m0/s1. The van der Waals surface area contributed by atoms with Gasteiger partial charge in [0, 0.05) is 31.6 Å². The zero-order valence-electron chi connectivity index (χ0n) is 13.8. The molecule has 6 nitrogen and oxygen atoms in total. The minimum atomic E-state index is -0.933. The summed E-state index contributed by atoms with van der Waals surface area (Å²) in [6, 6.07) is 2.94. The van der Waals surface area contributed by atoms with Gasteiger partial charge in [-0.1, -0.05) is 13.8 Å². The van der Waals surface area contributed by atoms with Gasteiger partial charge in [0.1, 0.15) is 6.04 Å². The number of carboxylic acids is 1. The van der Waals surface area contributed by atoms with Crippen molar-refractivity contribution < 1.29 is 14.7 Å². The Morgan fingerprint density at radius 3 is 2.78 bits per heavy atom. The van der Waals surface area contributed by atoms with E-state index in [1.165, 1.54) is 4.90 Å². The number of amides is 1. The van der Waals surface area contributed by atoms with Crippen LogP contribution in [0, 0.1) is 5.41 Å². The molecule has 1 amide bonds. The summed E-state index contributed by atoms with van der Waals surface area (Å²) >= 11 is 0. The van der Waals surface area contributed by atoms with E-state index in [1.54, 1.807) is 12.3 Å². The molecule has 0 aliphatic carbocycles. The van der Waals surface area contributed by atoms with Crippen LogP contribution in [0.2, 0.25) is 0 Å². The molecule has 0 radical (unpaired) electrons. The third-order valence-corrected chi connectivity index (χ3v) is 4.73. The van der Waals surface area contributed by atoms with Crippen LogP contribution in [0.25, 0.3) is 6.08 Å². The number of carbonyl (C=O) groups is 2. The van der Waals surface area contributed by atoms with E-state index in [0.29, 0.717) is 12.0 Å². The molecule has 2 atom stereocenters. The molecule has 0 aromatic carbocycles. The minimum absolute atomic E-state index is 0.122. The highest BCUT2D eigenvalue weighted by atomic mass is 16.4. The Morgan fingerprint density at radius 1 is 1.48 bits per heavy atom. The van der Waals surface area contributed by atoms with Gasteiger partial charge in [-0.15, -0.1) is 0 Å². The topological polar surface area (TPSA) is 73.7 Å². The van der Waals surface area contributed by atoms with Gasteiger partial charge in [-0.25, -0.2) is 4.79 Å². The summed E-state index contributed by atoms with van der Waals surface area (Å²) in [5.41, 5.74) is 1.95. The van der Waals surface area contributed by atoms with Gasteiger partial charge in [-0.3, -0.25) is 9.78 Å². The molecular weight excluding hydrogens is 294 g/mol. The molecule has 1 N–H and O–H groups in total. The number of hydrogen-bond donors (Lipinski definition) is 1. The summed E-state index contributed by atoms with van der Waals surface area (Å²) in [7, 11) is 3.89. The molecule has 122 valence electrons. The van der Waals surface area contributed by atoms with E-state index in [9.17, 15) is 14.7 Å². The van der Waals surface area contributed by atoms with E-state index in [1.807, 2.05) is 45.0 Å². The van der Waals surface area contributed by atoms with Gasteiger partial charge in [0.25, 0.3) is 5.91 Å². The van der Waals surface area contributed by atoms with Crippen molar-refractivity contribution in [1.82, 2.24) is 9.88 Å². The summed E-state index contributed by atoms with van der Waals surface area (Å²) in [5.74, 6) is -1.12. The van der Waals surface area contributed by atoms with Crippen LogP contribution < -0.4 is 4.90 Å². The van der Waals surface area contributed by atoms with Gasteiger partial charge >= 0.3 is 5.97 Å². The van der Waals surface area contributed by atoms with Crippen LogP contribution in [0.4, 0.5) is 5.69 Å². The minimum Gasteiger partial charge on any atom is -0.480 e. The summed E-state index contributed by atoms with van der Waals surface area (Å²) in [5, 5.41) is 9.43. The first kappa shape index (κ1) is 15.5. The largest absolute Gasteiger partial charge is 0.480 e. The maximum Gasteiger partial charge on any atom is 0.327 e. The number of rotatable bonds is 3. The summed E-state index contributed by atoms with van der Waals surface area (Å²) in [6.07, 6.45) is 4.16. The van der Waals surface area contributed by atoms with Crippen LogP contribution in [-0.4, -0.2) is 53.0 Å². The van der Waals surface area contributed by atoms with Crippen molar-refractivity contribution in [3.8, 4) is 0 Å². The predicted molar refractivity (Wildman–Crippen MR) is 87.0 cm³/mol. The van der Waals surface area contributed by atoms with Crippen molar-refractivity contribution >= 4 is 23.6 Å². The van der Waals surface area contributed by atoms with Crippen LogP contribution >= 0.6 is 0 Å². The number of anilines is 1. The van der Waals surface area contributed by atoms with E-state index >= 15 is 0 Å². The van der Waals surface area contributed by atoms with Gasteiger partial charge in [-0.2, -0.15) is 0 Å². The van der Waals surface area contributed by atoms with Crippen LogP contribution in [0.1, 0.15) is 26.0 Å². The molecule has 23 heavy (non-hydrogen) atoms. The molecule has 1 aromatic heterocycles. The number of hydrogen-bond acceptors (Lipinski definition) is 4. The lowest BCUT2D eigenvalue weighted by atomic mass is 9.83. The lowest BCUT2D eigenvalue weighted by Gasteiger charge is -2.40. The Balaban J connectivity index is 1.91. The molecule has 0 saturated carbocycles. The number of nitrogens with zero attached hydrogens (tertiary/aromatic N) is 3. The molecule has 0 spiro atoms. The first-order chi connectivity index (χ1) is 10.7. The van der Waals surface area contributed by atoms with E-state index in [-0.39, 0.29) is 11.9 Å². The van der Waals surface area contributed by atoms with Crippen molar-refractivity contribution in [3.05, 3.63) is 29.6 Å². The maximum absolute atomic E-state index is 12.4. The molecule has 2 fully saturated rings. The number of pyridine rings is 1. The molecule has 2 saturated heterocycles. The Kier molecular flexibility index (Phi) is 3.43. The molecule has 3 rings (SSSR count). The average molecular weight is 315 g/mol. The Labute approximate surface area is 135 Å². The van der Waals surface area contributed by atoms with Gasteiger partial charge < -0.3 is 14.9 Å². The zero-order valence-corrected chi connectivity index (χ0v) is 13.8. The van der Waals surface area contributed by atoms with Gasteiger partial charge in [0.15, 0.2) is 0 Å². The quantitative estimate of drug-likeness (QED) is 0.678. The second kappa shape index (κ2) is 5.08. The summed E-state index contributed by atoms with van der Waals surface area (Å²) < 4.78 is 0. The summed E-state index contributed by atoms with van der Waals surface area (Å²) in [4.78, 5) is 31.7. The van der Waals surface area contributed by atoms with E-state index < -0.39 is 17.4 Å². The highest BCUT2D eigenvalue weighted by Gasteiger charge is 2.60. The monoisotopic (exact) mass is 315 g/mol. The van der Waals surface area contributed by atoms with Crippen LogP contribution in [0.3, 0.4) is 0 Å². The fourth-order valence-corrected chi connectivity index (χ4v) is 3.57. The molecule has 2 aliphatic heterocycles.